The van der Waals surface area contributed by atoms with Gasteiger partial charge >= 0.3 is 0 Å². The van der Waals surface area contributed by atoms with E-state index in [1.165, 1.54) is 0 Å². The van der Waals surface area contributed by atoms with Crippen LogP contribution in [0.4, 0.5) is 5.82 Å². The maximum absolute atomic E-state index is 12.7. The Bertz CT molecular complexity index is 1490. The van der Waals surface area contributed by atoms with Crippen molar-refractivity contribution in [1.82, 2.24) is 35.1 Å². The molecule has 1 atom stereocenters. The van der Waals surface area contributed by atoms with E-state index in [1.807, 2.05) is 64.1 Å². The fraction of sp³-hybridized carbons (Fsp3) is 0.217. The molecule has 6 rings (SSSR count). The van der Waals surface area contributed by atoms with Crippen LogP contribution in [0.15, 0.2) is 59.5 Å². The van der Waals surface area contributed by atoms with Crippen LogP contribution < -0.4 is 16.6 Å². The number of nitrogens with zero attached hydrogens (tertiary/aromatic N) is 5. The molecule has 1 fully saturated rings. The summed E-state index contributed by atoms with van der Waals surface area (Å²) < 4.78 is 3.73. The number of H-pyrrole nitrogens is 1. The van der Waals surface area contributed by atoms with Crippen LogP contribution in [0, 0.1) is 0 Å². The maximum atomic E-state index is 12.7. The minimum absolute atomic E-state index is 0.0902. The zero-order valence-electron chi connectivity index (χ0n) is 17.3. The zero-order chi connectivity index (χ0) is 21.7. The molecule has 9 nitrogen and oxygen atoms in total. The number of nitrogen functional groups attached to an aromatic ring is 1. The Kier molecular flexibility index (Phi) is 4.29. The molecular formula is C23H22N8O. The molecule has 0 unspecified atom stereocenters. The number of hydrogen-bond acceptors (Lipinski definition) is 6. The average Bonchev–Trinajstić information content (AvgIpc) is 3.45. The van der Waals surface area contributed by atoms with E-state index in [0.717, 1.165) is 48.1 Å². The van der Waals surface area contributed by atoms with Gasteiger partial charge in [-0.05, 0) is 43.7 Å². The van der Waals surface area contributed by atoms with Crippen molar-refractivity contribution in [3.63, 3.8) is 0 Å². The first-order valence-corrected chi connectivity index (χ1v) is 10.7. The predicted octanol–water partition coefficient (Wildman–Crippen LogP) is 2.63. The second-order valence-electron chi connectivity index (χ2n) is 8.12. The summed E-state index contributed by atoms with van der Waals surface area (Å²) in [6.45, 7) is 1.74. The fourth-order valence-corrected chi connectivity index (χ4v) is 4.58. The summed E-state index contributed by atoms with van der Waals surface area (Å²) in [4.78, 5) is 12.7. The molecule has 0 saturated carbocycles. The highest BCUT2D eigenvalue weighted by atomic mass is 16.1. The van der Waals surface area contributed by atoms with Gasteiger partial charge in [-0.2, -0.15) is 15.3 Å². The zero-order valence-corrected chi connectivity index (χ0v) is 17.3. The minimum Gasteiger partial charge on any atom is -0.382 e. The Morgan fingerprint density at radius 1 is 1.12 bits per heavy atom. The van der Waals surface area contributed by atoms with Gasteiger partial charge in [0.05, 0.1) is 28.8 Å². The normalized spacial score (nSPS) is 16.7. The molecule has 0 radical (unpaired) electrons. The van der Waals surface area contributed by atoms with Gasteiger partial charge in [-0.3, -0.25) is 9.48 Å². The van der Waals surface area contributed by atoms with Gasteiger partial charge in [-0.25, -0.2) is 9.78 Å². The molecule has 4 N–H and O–H groups in total. The number of benzene rings is 2. The SMILES string of the molecule is Nc1n[nH]c(=O)c2c1c(-c1ccc3c(cnn3-c3ccccc3)c1)nn2[C@@H]1CCCNC1. The molecule has 1 saturated heterocycles. The topological polar surface area (TPSA) is 119 Å². The second kappa shape index (κ2) is 7.31. The molecule has 2 aromatic carbocycles. The van der Waals surface area contributed by atoms with Crippen molar-refractivity contribution < 1.29 is 0 Å². The number of hydrogen-bond donors (Lipinski definition) is 3. The third-order valence-electron chi connectivity index (χ3n) is 6.12. The molecule has 3 aromatic heterocycles. The average molecular weight is 426 g/mol. The van der Waals surface area contributed by atoms with Crippen LogP contribution in [-0.2, 0) is 0 Å². The highest BCUT2D eigenvalue weighted by molar-refractivity contribution is 6.01. The van der Waals surface area contributed by atoms with Gasteiger partial charge in [0, 0.05) is 17.5 Å². The highest BCUT2D eigenvalue weighted by Gasteiger charge is 2.25. The molecule has 0 bridgehead atoms. The number of nitrogens with two attached hydrogens (primary N) is 1. The molecular weight excluding hydrogens is 404 g/mol. The summed E-state index contributed by atoms with van der Waals surface area (Å²) in [6, 6.07) is 16.1. The van der Waals surface area contributed by atoms with Gasteiger partial charge in [-0.1, -0.05) is 24.3 Å². The molecule has 9 heteroatoms. The standard InChI is InChI=1S/C23H22N8O/c24-22-19-20(29-31(17-7-4-10-25-13-17)21(19)23(32)28-27-22)14-8-9-18-15(11-14)12-26-30(18)16-5-2-1-3-6-16/h1-3,5-6,8-9,11-12,17,25H,4,7,10,13H2,(H2,24,27)(H,28,32)/t17-/m1/s1. The minimum atomic E-state index is -0.281. The Morgan fingerprint density at radius 3 is 2.81 bits per heavy atom. The lowest BCUT2D eigenvalue weighted by Crippen LogP contribution is -2.33. The molecule has 4 heterocycles. The molecule has 160 valence electrons. The first kappa shape index (κ1) is 18.8. The van der Waals surface area contributed by atoms with Crippen LogP contribution in [0.3, 0.4) is 0 Å². The van der Waals surface area contributed by atoms with Crippen molar-refractivity contribution in [1.29, 1.82) is 0 Å². The lowest BCUT2D eigenvalue weighted by molar-refractivity contribution is 0.355. The molecule has 0 amide bonds. The second-order valence-corrected chi connectivity index (χ2v) is 8.12. The lowest BCUT2D eigenvalue weighted by atomic mass is 10.1. The smallest absolute Gasteiger partial charge is 0.290 e. The van der Waals surface area contributed by atoms with Crippen LogP contribution in [0.2, 0.25) is 0 Å². The van der Waals surface area contributed by atoms with Crippen LogP contribution in [0.5, 0.6) is 0 Å². The van der Waals surface area contributed by atoms with E-state index in [4.69, 9.17) is 10.8 Å². The number of aromatic nitrogens is 6. The molecule has 0 spiro atoms. The number of rotatable bonds is 3. The third kappa shape index (κ3) is 2.89. The molecule has 0 aliphatic carbocycles. The summed E-state index contributed by atoms with van der Waals surface area (Å²) in [5, 5.41) is 20.9. The summed E-state index contributed by atoms with van der Waals surface area (Å²) in [5.74, 6) is 0.268. The van der Waals surface area contributed by atoms with Gasteiger partial charge < -0.3 is 11.1 Å². The van der Waals surface area contributed by atoms with Gasteiger partial charge in [0.2, 0.25) is 0 Å². The summed E-state index contributed by atoms with van der Waals surface area (Å²) in [5.41, 5.74) is 9.94. The van der Waals surface area contributed by atoms with E-state index in [9.17, 15) is 4.79 Å². The quantitative estimate of drug-likeness (QED) is 0.408. The number of para-hydroxylation sites is 1. The molecule has 1 aliphatic rings. The fourth-order valence-electron chi connectivity index (χ4n) is 4.58. The van der Waals surface area contributed by atoms with E-state index in [2.05, 4.69) is 20.6 Å². The van der Waals surface area contributed by atoms with Crippen molar-refractivity contribution in [2.24, 2.45) is 0 Å². The van der Waals surface area contributed by atoms with Crippen molar-refractivity contribution in [2.75, 3.05) is 18.8 Å². The first-order chi connectivity index (χ1) is 15.7. The largest absolute Gasteiger partial charge is 0.382 e. The number of aromatic amines is 1. The predicted molar refractivity (Wildman–Crippen MR) is 124 cm³/mol. The monoisotopic (exact) mass is 426 g/mol. The van der Waals surface area contributed by atoms with Crippen LogP contribution in [0.25, 0.3) is 38.8 Å². The number of nitrogens with one attached hydrogen (secondary N) is 2. The van der Waals surface area contributed by atoms with Crippen LogP contribution >= 0.6 is 0 Å². The molecule has 1 aliphatic heterocycles. The van der Waals surface area contributed by atoms with Crippen molar-refractivity contribution in [2.45, 2.75) is 18.9 Å². The lowest BCUT2D eigenvalue weighted by Gasteiger charge is -2.23. The summed E-state index contributed by atoms with van der Waals surface area (Å²) in [7, 11) is 0. The first-order valence-electron chi connectivity index (χ1n) is 10.7. The van der Waals surface area contributed by atoms with Gasteiger partial charge in [-0.15, -0.1) is 0 Å². The van der Waals surface area contributed by atoms with E-state index in [1.54, 1.807) is 0 Å². The van der Waals surface area contributed by atoms with E-state index < -0.39 is 0 Å². The Labute approximate surface area is 182 Å². The Balaban J connectivity index is 1.54. The molecule has 32 heavy (non-hydrogen) atoms. The van der Waals surface area contributed by atoms with Crippen LogP contribution in [-0.4, -0.2) is 42.8 Å². The Morgan fingerprint density at radius 2 is 2.00 bits per heavy atom. The van der Waals surface area contributed by atoms with E-state index in [0.29, 0.717) is 16.6 Å². The van der Waals surface area contributed by atoms with Crippen molar-refractivity contribution >= 4 is 27.6 Å². The van der Waals surface area contributed by atoms with Gasteiger partial charge in [0.25, 0.3) is 5.56 Å². The number of anilines is 1. The van der Waals surface area contributed by atoms with Crippen molar-refractivity contribution in [3.05, 3.63) is 65.1 Å². The highest BCUT2D eigenvalue weighted by Crippen LogP contribution is 2.33. The number of piperidine rings is 1. The van der Waals surface area contributed by atoms with Gasteiger partial charge in [0.1, 0.15) is 11.2 Å². The Hall–Kier alpha value is -3.98. The van der Waals surface area contributed by atoms with E-state index >= 15 is 0 Å². The van der Waals surface area contributed by atoms with E-state index in [-0.39, 0.29) is 17.4 Å². The van der Waals surface area contributed by atoms with Gasteiger partial charge in [0.15, 0.2) is 5.82 Å². The summed E-state index contributed by atoms with van der Waals surface area (Å²) in [6.07, 6.45) is 3.82. The number of fused-ring (bicyclic) bond motifs is 2. The molecule has 5 aromatic rings. The van der Waals surface area contributed by atoms with Crippen LogP contribution in [0.1, 0.15) is 18.9 Å². The third-order valence-corrected chi connectivity index (χ3v) is 6.12. The maximum Gasteiger partial charge on any atom is 0.290 e. The summed E-state index contributed by atoms with van der Waals surface area (Å²) >= 11 is 0. The van der Waals surface area contributed by atoms with Crippen molar-refractivity contribution in [3.8, 4) is 16.9 Å².